The fraction of sp³-hybridized carbons (Fsp3) is 0.467. The summed E-state index contributed by atoms with van der Waals surface area (Å²) in [5, 5.41) is 2.77. The molecule has 1 aliphatic rings. The van der Waals surface area contributed by atoms with Crippen LogP contribution < -0.4 is 5.32 Å². The van der Waals surface area contributed by atoms with Crippen LogP contribution >= 0.6 is 0 Å². The molecule has 0 saturated carbocycles. The first-order chi connectivity index (χ1) is 9.64. The summed E-state index contributed by atoms with van der Waals surface area (Å²) < 4.78 is 22.0. The van der Waals surface area contributed by atoms with E-state index in [0.29, 0.717) is 12.1 Å². The standard InChI is InChI=1S/C15H19NO4S/c1-15(2,21(3,19)20)13(17)11-7-6-10-5-4-8-16-14(18)12(10)9-11/h6-7,9H,4-5,8H2,1-3H3,(H,16,18). The first-order valence-corrected chi connectivity index (χ1v) is 8.69. The van der Waals surface area contributed by atoms with Crippen LogP contribution in [0.4, 0.5) is 0 Å². The van der Waals surface area contributed by atoms with Gasteiger partial charge in [-0.15, -0.1) is 0 Å². The molecule has 6 heteroatoms. The number of rotatable bonds is 3. The molecule has 0 unspecified atom stereocenters. The highest BCUT2D eigenvalue weighted by Crippen LogP contribution is 2.24. The van der Waals surface area contributed by atoms with Gasteiger partial charge in [-0.1, -0.05) is 12.1 Å². The summed E-state index contributed by atoms with van der Waals surface area (Å²) in [6.45, 7) is 3.37. The van der Waals surface area contributed by atoms with Crippen LogP contribution in [0.1, 0.15) is 46.5 Å². The van der Waals surface area contributed by atoms with Crippen LogP contribution in [0.25, 0.3) is 0 Å². The molecule has 1 amide bonds. The van der Waals surface area contributed by atoms with Gasteiger partial charge in [-0.05, 0) is 38.3 Å². The van der Waals surface area contributed by atoms with Crippen molar-refractivity contribution >= 4 is 21.5 Å². The largest absolute Gasteiger partial charge is 0.352 e. The molecule has 0 radical (unpaired) electrons. The molecule has 5 nitrogen and oxygen atoms in total. The third-order valence-corrected chi connectivity index (χ3v) is 6.04. The van der Waals surface area contributed by atoms with Crippen molar-refractivity contribution in [3.05, 3.63) is 34.9 Å². The molecule has 0 saturated heterocycles. The molecule has 1 N–H and O–H groups in total. The van der Waals surface area contributed by atoms with Gasteiger partial charge in [0, 0.05) is 23.9 Å². The number of sulfone groups is 1. The lowest BCUT2D eigenvalue weighted by Crippen LogP contribution is -2.40. The SMILES string of the molecule is CC(C)(C(=O)c1ccc2c(c1)C(=O)NCCC2)S(C)(=O)=O. The molecule has 2 rings (SSSR count). The maximum atomic E-state index is 12.5. The molecular formula is C15H19NO4S. The third-order valence-electron chi connectivity index (χ3n) is 4.00. The number of amides is 1. The minimum absolute atomic E-state index is 0.214. The fourth-order valence-corrected chi connectivity index (χ4v) is 2.69. The van der Waals surface area contributed by atoms with Gasteiger partial charge < -0.3 is 5.32 Å². The zero-order chi connectivity index (χ0) is 15.8. The maximum absolute atomic E-state index is 12.5. The van der Waals surface area contributed by atoms with E-state index in [0.717, 1.165) is 24.7 Å². The number of carbonyl (C=O) groups excluding carboxylic acids is 2. The molecule has 21 heavy (non-hydrogen) atoms. The minimum atomic E-state index is -3.54. The lowest BCUT2D eigenvalue weighted by Gasteiger charge is -2.21. The van der Waals surface area contributed by atoms with E-state index in [4.69, 9.17) is 0 Å². The number of nitrogens with one attached hydrogen (secondary N) is 1. The summed E-state index contributed by atoms with van der Waals surface area (Å²) in [6, 6.07) is 4.85. The Balaban J connectivity index is 2.48. The zero-order valence-corrected chi connectivity index (χ0v) is 13.2. The molecule has 0 fully saturated rings. The van der Waals surface area contributed by atoms with E-state index in [1.807, 2.05) is 0 Å². The van der Waals surface area contributed by atoms with Gasteiger partial charge in [0.15, 0.2) is 15.6 Å². The number of carbonyl (C=O) groups is 2. The van der Waals surface area contributed by atoms with Crippen LogP contribution in [-0.2, 0) is 16.3 Å². The summed E-state index contributed by atoms with van der Waals surface area (Å²) in [5.41, 5.74) is 1.60. The van der Waals surface area contributed by atoms with Crippen molar-refractivity contribution in [2.75, 3.05) is 12.8 Å². The molecule has 0 aromatic heterocycles. The van der Waals surface area contributed by atoms with Crippen LogP contribution in [0.15, 0.2) is 18.2 Å². The summed E-state index contributed by atoms with van der Waals surface area (Å²) >= 11 is 0. The molecule has 0 spiro atoms. The predicted octanol–water partition coefficient (Wildman–Crippen LogP) is 1.37. The van der Waals surface area contributed by atoms with E-state index in [1.165, 1.54) is 19.9 Å². The lowest BCUT2D eigenvalue weighted by molar-refractivity contribution is 0.0954. The number of fused-ring (bicyclic) bond motifs is 1. The smallest absolute Gasteiger partial charge is 0.251 e. The van der Waals surface area contributed by atoms with Gasteiger partial charge >= 0.3 is 0 Å². The number of hydrogen-bond acceptors (Lipinski definition) is 4. The van der Waals surface area contributed by atoms with Gasteiger partial charge in [0.25, 0.3) is 5.91 Å². The molecule has 1 aromatic rings. The highest BCUT2D eigenvalue weighted by Gasteiger charge is 2.39. The first kappa shape index (κ1) is 15.7. The van der Waals surface area contributed by atoms with Crippen molar-refractivity contribution in [1.29, 1.82) is 0 Å². The monoisotopic (exact) mass is 309 g/mol. The van der Waals surface area contributed by atoms with Crippen LogP contribution in [0.3, 0.4) is 0 Å². The van der Waals surface area contributed by atoms with Crippen molar-refractivity contribution in [2.24, 2.45) is 0 Å². The van der Waals surface area contributed by atoms with Crippen molar-refractivity contribution < 1.29 is 18.0 Å². The Morgan fingerprint density at radius 1 is 1.29 bits per heavy atom. The van der Waals surface area contributed by atoms with E-state index in [1.54, 1.807) is 12.1 Å². The Morgan fingerprint density at radius 2 is 1.95 bits per heavy atom. The zero-order valence-electron chi connectivity index (χ0n) is 12.4. The molecule has 0 atom stereocenters. The van der Waals surface area contributed by atoms with Crippen molar-refractivity contribution in [1.82, 2.24) is 5.32 Å². The molecule has 0 aliphatic carbocycles. The second kappa shape index (κ2) is 5.26. The van der Waals surface area contributed by atoms with Gasteiger partial charge in [0.2, 0.25) is 0 Å². The highest BCUT2D eigenvalue weighted by molar-refractivity contribution is 7.92. The van der Waals surface area contributed by atoms with Gasteiger partial charge in [0.1, 0.15) is 4.75 Å². The summed E-state index contributed by atoms with van der Waals surface area (Å²) in [5.74, 6) is -0.709. The van der Waals surface area contributed by atoms with Crippen molar-refractivity contribution in [2.45, 2.75) is 31.4 Å². The van der Waals surface area contributed by atoms with Crippen LogP contribution in [0.5, 0.6) is 0 Å². The first-order valence-electron chi connectivity index (χ1n) is 6.80. The second-order valence-electron chi connectivity index (χ2n) is 5.84. The molecule has 1 aliphatic heterocycles. The average molecular weight is 309 g/mol. The Morgan fingerprint density at radius 3 is 2.57 bits per heavy atom. The average Bonchev–Trinajstić information content (AvgIpc) is 2.58. The minimum Gasteiger partial charge on any atom is -0.352 e. The Kier molecular flexibility index (Phi) is 3.93. The van der Waals surface area contributed by atoms with Crippen molar-refractivity contribution in [3.8, 4) is 0 Å². The molecule has 1 heterocycles. The molecule has 1 aromatic carbocycles. The van der Waals surface area contributed by atoms with E-state index in [2.05, 4.69) is 5.32 Å². The summed E-state index contributed by atoms with van der Waals surface area (Å²) in [4.78, 5) is 24.5. The molecule has 0 bridgehead atoms. The van der Waals surface area contributed by atoms with E-state index < -0.39 is 20.4 Å². The van der Waals surface area contributed by atoms with E-state index >= 15 is 0 Å². The topological polar surface area (TPSA) is 80.3 Å². The number of aryl methyl sites for hydroxylation is 1. The third kappa shape index (κ3) is 2.85. The van der Waals surface area contributed by atoms with Gasteiger partial charge in [-0.3, -0.25) is 9.59 Å². The number of benzene rings is 1. The van der Waals surface area contributed by atoms with Crippen molar-refractivity contribution in [3.63, 3.8) is 0 Å². The summed E-state index contributed by atoms with van der Waals surface area (Å²) in [7, 11) is -3.54. The highest BCUT2D eigenvalue weighted by atomic mass is 32.2. The Hall–Kier alpha value is -1.69. The number of ketones is 1. The van der Waals surface area contributed by atoms with Gasteiger partial charge in [-0.2, -0.15) is 0 Å². The van der Waals surface area contributed by atoms with Crippen LogP contribution in [0.2, 0.25) is 0 Å². The quantitative estimate of drug-likeness (QED) is 0.855. The molecular weight excluding hydrogens is 290 g/mol. The molecule has 114 valence electrons. The fourth-order valence-electron chi connectivity index (χ4n) is 2.24. The summed E-state index contributed by atoms with van der Waals surface area (Å²) in [6.07, 6.45) is 2.65. The number of hydrogen-bond donors (Lipinski definition) is 1. The van der Waals surface area contributed by atoms with Crippen LogP contribution in [0, 0.1) is 0 Å². The lowest BCUT2D eigenvalue weighted by atomic mass is 9.95. The van der Waals surface area contributed by atoms with Gasteiger partial charge in [0.05, 0.1) is 0 Å². The normalized spacial score (nSPS) is 15.9. The van der Waals surface area contributed by atoms with Crippen LogP contribution in [-0.4, -0.2) is 37.7 Å². The van der Waals surface area contributed by atoms with Gasteiger partial charge in [-0.25, -0.2) is 8.42 Å². The second-order valence-corrected chi connectivity index (χ2v) is 8.41. The Labute approximate surface area is 124 Å². The maximum Gasteiger partial charge on any atom is 0.251 e. The predicted molar refractivity (Wildman–Crippen MR) is 80.3 cm³/mol. The van der Waals surface area contributed by atoms with E-state index in [9.17, 15) is 18.0 Å². The Bertz CT molecular complexity index is 704. The van der Waals surface area contributed by atoms with E-state index in [-0.39, 0.29) is 11.5 Å². The number of Topliss-reactive ketones (excluding diaryl/α,β-unsaturated/α-hetero) is 1.